The number of nitrogens with zero attached hydrogens (tertiary/aromatic N) is 1. The van der Waals surface area contributed by atoms with Gasteiger partial charge in [-0.05, 0) is 19.3 Å². The van der Waals surface area contributed by atoms with Gasteiger partial charge in [-0.15, -0.1) is 0 Å². The Hall–Kier alpha value is -0.620. The summed E-state index contributed by atoms with van der Waals surface area (Å²) in [5, 5.41) is -0.984. The van der Waals surface area contributed by atoms with Crippen molar-refractivity contribution in [2.75, 3.05) is 19.8 Å². The number of amides is 1. The number of sulfone groups is 1. The monoisotopic (exact) mass is 264 g/mol. The van der Waals surface area contributed by atoms with E-state index in [1.165, 1.54) is 11.8 Å². The Morgan fingerprint density at radius 1 is 1.29 bits per heavy atom. The predicted molar refractivity (Wildman–Crippen MR) is 69.4 cm³/mol. The van der Waals surface area contributed by atoms with Crippen LogP contribution in [0.4, 0.5) is 0 Å². The van der Waals surface area contributed by atoms with Crippen LogP contribution < -0.4 is 5.73 Å². The summed E-state index contributed by atoms with van der Waals surface area (Å²) < 4.78 is 22.5. The Balaban J connectivity index is 4.34. The van der Waals surface area contributed by atoms with E-state index in [1.807, 2.05) is 13.8 Å². The normalized spacial score (nSPS) is 15.7. The molecule has 102 valence electrons. The number of hydrogen-bond donors (Lipinski definition) is 1. The smallest absolute Gasteiger partial charge is 0.240 e. The Kier molecular flexibility index (Phi) is 6.12. The van der Waals surface area contributed by atoms with Crippen LogP contribution in [0.25, 0.3) is 0 Å². The molecule has 5 nitrogen and oxygen atoms in total. The van der Waals surface area contributed by atoms with Gasteiger partial charge in [0.05, 0.1) is 0 Å². The van der Waals surface area contributed by atoms with Crippen LogP contribution in [-0.2, 0) is 14.6 Å². The van der Waals surface area contributed by atoms with E-state index >= 15 is 0 Å². The van der Waals surface area contributed by atoms with E-state index in [0.717, 1.165) is 6.26 Å². The zero-order valence-electron chi connectivity index (χ0n) is 11.3. The van der Waals surface area contributed by atoms with E-state index in [1.54, 1.807) is 7.05 Å². The van der Waals surface area contributed by atoms with Crippen molar-refractivity contribution >= 4 is 15.7 Å². The van der Waals surface area contributed by atoms with E-state index in [-0.39, 0.29) is 11.9 Å². The Labute approximate surface area is 104 Å². The van der Waals surface area contributed by atoms with Crippen molar-refractivity contribution < 1.29 is 13.2 Å². The Morgan fingerprint density at radius 3 is 2.12 bits per heavy atom. The molecular weight excluding hydrogens is 240 g/mol. The van der Waals surface area contributed by atoms with Gasteiger partial charge in [-0.2, -0.15) is 0 Å². The molecular formula is C11H24N2O3S. The molecule has 0 aliphatic rings. The third-order valence-corrected chi connectivity index (χ3v) is 4.51. The fourth-order valence-corrected chi connectivity index (χ4v) is 1.83. The van der Waals surface area contributed by atoms with Gasteiger partial charge in [-0.3, -0.25) is 4.79 Å². The molecule has 0 spiro atoms. The first-order valence-corrected chi connectivity index (χ1v) is 7.72. The summed E-state index contributed by atoms with van der Waals surface area (Å²) in [4.78, 5) is 13.2. The minimum absolute atomic E-state index is 0.0267. The van der Waals surface area contributed by atoms with Gasteiger partial charge < -0.3 is 10.6 Å². The number of hydrogen-bond acceptors (Lipinski definition) is 4. The molecule has 0 saturated heterocycles. The SMILES string of the molecule is CC(C)C(N)CCN(C)C(=O)C(C)S(C)(=O)=O. The van der Waals surface area contributed by atoms with Gasteiger partial charge in [0.2, 0.25) is 5.91 Å². The number of rotatable bonds is 6. The lowest BCUT2D eigenvalue weighted by molar-refractivity contribution is -0.129. The molecule has 2 unspecified atom stereocenters. The molecule has 2 N–H and O–H groups in total. The standard InChI is InChI=1S/C11H24N2O3S/c1-8(2)10(12)6-7-13(4)11(14)9(3)17(5,15)16/h8-10H,6-7,12H2,1-5H3. The van der Waals surface area contributed by atoms with Crippen LogP contribution in [0.3, 0.4) is 0 Å². The first kappa shape index (κ1) is 16.4. The maximum absolute atomic E-state index is 11.8. The zero-order valence-corrected chi connectivity index (χ0v) is 12.1. The van der Waals surface area contributed by atoms with Crippen molar-refractivity contribution in [3.63, 3.8) is 0 Å². The number of carbonyl (C=O) groups excluding carboxylic acids is 1. The quantitative estimate of drug-likeness (QED) is 0.746. The molecule has 6 heteroatoms. The van der Waals surface area contributed by atoms with Crippen molar-refractivity contribution in [1.29, 1.82) is 0 Å². The zero-order chi connectivity index (χ0) is 13.8. The molecule has 17 heavy (non-hydrogen) atoms. The minimum atomic E-state index is -3.32. The molecule has 2 atom stereocenters. The van der Waals surface area contributed by atoms with Crippen LogP contribution >= 0.6 is 0 Å². The van der Waals surface area contributed by atoms with Crippen molar-refractivity contribution in [2.45, 2.75) is 38.5 Å². The first-order chi connectivity index (χ1) is 7.57. The fraction of sp³-hybridized carbons (Fsp3) is 0.909. The maximum Gasteiger partial charge on any atom is 0.240 e. The number of carbonyl (C=O) groups is 1. The summed E-state index contributed by atoms with van der Waals surface area (Å²) in [6.45, 7) is 5.94. The van der Waals surface area contributed by atoms with Gasteiger partial charge in [0, 0.05) is 25.9 Å². The molecule has 0 rings (SSSR count). The van der Waals surface area contributed by atoms with Crippen LogP contribution in [0.1, 0.15) is 27.2 Å². The topological polar surface area (TPSA) is 80.5 Å². The van der Waals surface area contributed by atoms with Crippen LogP contribution in [0.2, 0.25) is 0 Å². The van der Waals surface area contributed by atoms with Crippen molar-refractivity contribution in [3.8, 4) is 0 Å². The maximum atomic E-state index is 11.8. The second-order valence-electron chi connectivity index (χ2n) is 4.93. The van der Waals surface area contributed by atoms with E-state index in [0.29, 0.717) is 18.9 Å². The summed E-state index contributed by atoms with van der Waals surface area (Å²) in [6.07, 6.45) is 1.75. The van der Waals surface area contributed by atoms with E-state index < -0.39 is 15.1 Å². The van der Waals surface area contributed by atoms with E-state index in [2.05, 4.69) is 0 Å². The lowest BCUT2D eigenvalue weighted by Gasteiger charge is -2.23. The largest absolute Gasteiger partial charge is 0.345 e. The van der Waals surface area contributed by atoms with Crippen LogP contribution in [-0.4, -0.2) is 50.4 Å². The average molecular weight is 264 g/mol. The third kappa shape index (κ3) is 5.50. The van der Waals surface area contributed by atoms with Crippen molar-refractivity contribution in [3.05, 3.63) is 0 Å². The second kappa shape index (κ2) is 6.35. The van der Waals surface area contributed by atoms with Crippen molar-refractivity contribution in [2.24, 2.45) is 11.7 Å². The molecule has 0 aromatic carbocycles. The van der Waals surface area contributed by atoms with Gasteiger partial charge in [0.25, 0.3) is 0 Å². The van der Waals surface area contributed by atoms with Crippen LogP contribution in [0.5, 0.6) is 0 Å². The lowest BCUT2D eigenvalue weighted by atomic mass is 10.0. The first-order valence-electron chi connectivity index (χ1n) is 5.76. The lowest BCUT2D eigenvalue weighted by Crippen LogP contribution is -2.41. The molecule has 0 bridgehead atoms. The van der Waals surface area contributed by atoms with Gasteiger partial charge in [0.1, 0.15) is 5.25 Å². The molecule has 0 radical (unpaired) electrons. The van der Waals surface area contributed by atoms with Gasteiger partial charge >= 0.3 is 0 Å². The number of nitrogens with two attached hydrogens (primary N) is 1. The second-order valence-corrected chi connectivity index (χ2v) is 7.29. The molecule has 0 aromatic heterocycles. The molecule has 0 aliphatic heterocycles. The summed E-state index contributed by atoms with van der Waals surface area (Å²) in [5.74, 6) is -0.0192. The molecule has 0 heterocycles. The van der Waals surface area contributed by atoms with E-state index in [9.17, 15) is 13.2 Å². The Morgan fingerprint density at radius 2 is 1.76 bits per heavy atom. The summed E-state index contributed by atoms with van der Waals surface area (Å²) in [7, 11) is -1.72. The minimum Gasteiger partial charge on any atom is -0.345 e. The van der Waals surface area contributed by atoms with E-state index in [4.69, 9.17) is 5.73 Å². The molecule has 1 amide bonds. The highest BCUT2D eigenvalue weighted by atomic mass is 32.2. The third-order valence-electron chi connectivity index (χ3n) is 3.02. The molecule has 0 fully saturated rings. The van der Waals surface area contributed by atoms with Crippen molar-refractivity contribution in [1.82, 2.24) is 4.90 Å². The van der Waals surface area contributed by atoms with Gasteiger partial charge in [-0.1, -0.05) is 13.8 Å². The van der Waals surface area contributed by atoms with Gasteiger partial charge in [0.15, 0.2) is 9.84 Å². The Bertz CT molecular complexity index is 352. The highest BCUT2D eigenvalue weighted by molar-refractivity contribution is 7.92. The van der Waals surface area contributed by atoms with Gasteiger partial charge in [-0.25, -0.2) is 8.42 Å². The molecule has 0 aromatic rings. The summed E-state index contributed by atoms with van der Waals surface area (Å²) in [6, 6.07) is 0.0267. The fourth-order valence-electron chi connectivity index (χ4n) is 1.28. The molecule has 0 aliphatic carbocycles. The molecule has 0 saturated carbocycles. The average Bonchev–Trinajstić information content (AvgIpc) is 2.21. The highest BCUT2D eigenvalue weighted by Crippen LogP contribution is 2.07. The summed E-state index contributed by atoms with van der Waals surface area (Å²) >= 11 is 0. The highest BCUT2D eigenvalue weighted by Gasteiger charge is 2.26. The van der Waals surface area contributed by atoms with Crippen LogP contribution in [0.15, 0.2) is 0 Å². The summed E-state index contributed by atoms with van der Waals surface area (Å²) in [5.41, 5.74) is 5.87. The van der Waals surface area contributed by atoms with Crippen LogP contribution in [0, 0.1) is 5.92 Å². The predicted octanol–water partition coefficient (Wildman–Crippen LogP) is 0.251.